The molecular formula is C19H20N2O2. The zero-order chi connectivity index (χ0) is 16.6. The predicted molar refractivity (Wildman–Crippen MR) is 92.4 cm³/mol. The Morgan fingerprint density at radius 1 is 1.17 bits per heavy atom. The van der Waals surface area contributed by atoms with Crippen molar-refractivity contribution in [1.82, 2.24) is 4.57 Å². The second-order valence-corrected chi connectivity index (χ2v) is 5.84. The Labute approximate surface area is 135 Å². The average molecular weight is 308 g/mol. The van der Waals surface area contributed by atoms with Crippen LogP contribution in [-0.4, -0.2) is 21.7 Å². The molecule has 1 heterocycles. The summed E-state index contributed by atoms with van der Waals surface area (Å²) in [7, 11) is 2.01. The van der Waals surface area contributed by atoms with Gasteiger partial charge >= 0.3 is 5.97 Å². The van der Waals surface area contributed by atoms with Crippen molar-refractivity contribution in [2.75, 3.05) is 0 Å². The van der Waals surface area contributed by atoms with Crippen molar-refractivity contribution in [1.29, 1.82) is 0 Å². The SMILES string of the molecule is Cc1c(CC(N)C(=O)O)c2cccc(-c3ccccc3)c2n1C. The van der Waals surface area contributed by atoms with Crippen LogP contribution in [0.2, 0.25) is 0 Å². The molecule has 0 radical (unpaired) electrons. The van der Waals surface area contributed by atoms with E-state index in [1.807, 2.05) is 44.3 Å². The topological polar surface area (TPSA) is 68.2 Å². The quantitative estimate of drug-likeness (QED) is 0.778. The van der Waals surface area contributed by atoms with Crippen LogP contribution in [0.5, 0.6) is 0 Å². The Morgan fingerprint density at radius 2 is 1.87 bits per heavy atom. The van der Waals surface area contributed by atoms with Crippen molar-refractivity contribution in [3.05, 3.63) is 59.8 Å². The summed E-state index contributed by atoms with van der Waals surface area (Å²) in [6.45, 7) is 2.01. The molecule has 23 heavy (non-hydrogen) atoms. The maximum absolute atomic E-state index is 11.1. The number of nitrogens with zero attached hydrogens (tertiary/aromatic N) is 1. The van der Waals surface area contributed by atoms with E-state index in [1.165, 1.54) is 0 Å². The van der Waals surface area contributed by atoms with E-state index in [1.54, 1.807) is 0 Å². The summed E-state index contributed by atoms with van der Waals surface area (Å²) in [5.74, 6) is -0.972. The van der Waals surface area contributed by atoms with E-state index < -0.39 is 12.0 Å². The number of carbonyl (C=O) groups is 1. The largest absolute Gasteiger partial charge is 0.480 e. The molecule has 0 aliphatic heterocycles. The Kier molecular flexibility index (Phi) is 3.92. The van der Waals surface area contributed by atoms with Crippen LogP contribution >= 0.6 is 0 Å². The standard InChI is InChI=1S/C19H20N2O2/c1-12-16(11-17(20)19(22)23)15-10-6-9-14(18(15)21(12)2)13-7-4-3-5-8-13/h3-10,17H,11,20H2,1-2H3,(H,22,23). The van der Waals surface area contributed by atoms with E-state index in [0.717, 1.165) is 33.3 Å². The third-order valence-corrected chi connectivity index (χ3v) is 4.46. The van der Waals surface area contributed by atoms with Crippen LogP contribution in [0.4, 0.5) is 0 Å². The molecule has 118 valence electrons. The number of rotatable bonds is 4. The Balaban J connectivity index is 2.22. The summed E-state index contributed by atoms with van der Waals surface area (Å²) < 4.78 is 2.13. The van der Waals surface area contributed by atoms with E-state index in [4.69, 9.17) is 10.8 Å². The van der Waals surface area contributed by atoms with Gasteiger partial charge in [-0.3, -0.25) is 4.79 Å². The molecule has 4 nitrogen and oxygen atoms in total. The van der Waals surface area contributed by atoms with Crippen molar-refractivity contribution in [3.8, 4) is 11.1 Å². The van der Waals surface area contributed by atoms with E-state index in [2.05, 4.69) is 22.8 Å². The molecule has 3 aromatic rings. The molecule has 1 unspecified atom stereocenters. The average Bonchev–Trinajstić information content (AvgIpc) is 2.80. The minimum absolute atomic E-state index is 0.330. The first-order valence-corrected chi connectivity index (χ1v) is 7.61. The number of fused-ring (bicyclic) bond motifs is 1. The van der Waals surface area contributed by atoms with Gasteiger partial charge < -0.3 is 15.4 Å². The molecule has 0 saturated heterocycles. The lowest BCUT2D eigenvalue weighted by Crippen LogP contribution is -2.32. The number of para-hydroxylation sites is 1. The molecule has 0 amide bonds. The smallest absolute Gasteiger partial charge is 0.320 e. The Hall–Kier alpha value is -2.59. The fourth-order valence-electron chi connectivity index (χ4n) is 3.13. The lowest BCUT2D eigenvalue weighted by atomic mass is 9.99. The summed E-state index contributed by atoms with van der Waals surface area (Å²) in [5, 5.41) is 10.2. The zero-order valence-corrected chi connectivity index (χ0v) is 13.3. The number of aromatic nitrogens is 1. The van der Waals surface area contributed by atoms with Gasteiger partial charge in [0.2, 0.25) is 0 Å². The lowest BCUT2D eigenvalue weighted by molar-refractivity contribution is -0.138. The Morgan fingerprint density at radius 3 is 2.52 bits per heavy atom. The van der Waals surface area contributed by atoms with Crippen molar-refractivity contribution < 1.29 is 9.90 Å². The van der Waals surface area contributed by atoms with Gasteiger partial charge in [-0.2, -0.15) is 0 Å². The summed E-state index contributed by atoms with van der Waals surface area (Å²) >= 11 is 0. The van der Waals surface area contributed by atoms with Crippen LogP contribution in [0.25, 0.3) is 22.0 Å². The highest BCUT2D eigenvalue weighted by Gasteiger charge is 2.20. The van der Waals surface area contributed by atoms with E-state index >= 15 is 0 Å². The molecule has 2 aromatic carbocycles. The number of aliphatic carboxylic acids is 1. The highest BCUT2D eigenvalue weighted by atomic mass is 16.4. The van der Waals surface area contributed by atoms with Gasteiger partial charge in [-0.05, 0) is 18.1 Å². The monoisotopic (exact) mass is 308 g/mol. The summed E-state index contributed by atoms with van der Waals surface area (Å²) in [6.07, 6.45) is 0.330. The fraction of sp³-hybridized carbons (Fsp3) is 0.211. The molecule has 1 aromatic heterocycles. The number of hydrogen-bond acceptors (Lipinski definition) is 2. The maximum atomic E-state index is 11.1. The van der Waals surface area contributed by atoms with Gasteiger partial charge in [0.05, 0.1) is 5.52 Å². The van der Waals surface area contributed by atoms with Crippen molar-refractivity contribution in [3.63, 3.8) is 0 Å². The van der Waals surface area contributed by atoms with Gasteiger partial charge in [0, 0.05) is 30.1 Å². The lowest BCUT2D eigenvalue weighted by Gasteiger charge is -2.07. The third-order valence-electron chi connectivity index (χ3n) is 4.46. The summed E-state index contributed by atoms with van der Waals surface area (Å²) in [5.41, 5.74) is 11.2. The zero-order valence-electron chi connectivity index (χ0n) is 13.3. The first kappa shape index (κ1) is 15.3. The van der Waals surface area contributed by atoms with Gasteiger partial charge in [-0.1, -0.05) is 48.5 Å². The number of benzene rings is 2. The first-order chi connectivity index (χ1) is 11.0. The van der Waals surface area contributed by atoms with Gasteiger partial charge in [0.1, 0.15) is 6.04 Å². The predicted octanol–water partition coefficient (Wildman–Crippen LogP) is 3.11. The first-order valence-electron chi connectivity index (χ1n) is 7.61. The van der Waals surface area contributed by atoms with Crippen LogP contribution in [0, 0.1) is 6.92 Å². The molecular weight excluding hydrogens is 288 g/mol. The molecule has 0 aliphatic carbocycles. The highest BCUT2D eigenvalue weighted by molar-refractivity contribution is 5.97. The van der Waals surface area contributed by atoms with E-state index in [-0.39, 0.29) is 0 Å². The molecule has 0 spiro atoms. The fourth-order valence-corrected chi connectivity index (χ4v) is 3.13. The van der Waals surface area contributed by atoms with Gasteiger partial charge in [-0.25, -0.2) is 0 Å². The Bertz CT molecular complexity index is 866. The van der Waals surface area contributed by atoms with Crippen LogP contribution in [0.15, 0.2) is 48.5 Å². The number of carboxylic acid groups (broad SMARTS) is 1. The minimum atomic E-state index is -0.972. The molecule has 1 atom stereocenters. The van der Waals surface area contributed by atoms with Crippen LogP contribution in [0.1, 0.15) is 11.3 Å². The third kappa shape index (κ3) is 2.62. The highest BCUT2D eigenvalue weighted by Crippen LogP contribution is 2.33. The number of aryl methyl sites for hydroxylation is 1. The molecule has 0 aliphatic rings. The molecule has 0 saturated carbocycles. The number of hydrogen-bond donors (Lipinski definition) is 2. The summed E-state index contributed by atoms with van der Waals surface area (Å²) in [6, 6.07) is 15.5. The molecule has 0 bridgehead atoms. The summed E-state index contributed by atoms with van der Waals surface area (Å²) in [4.78, 5) is 11.1. The second-order valence-electron chi connectivity index (χ2n) is 5.84. The van der Waals surface area contributed by atoms with Gasteiger partial charge in [0.25, 0.3) is 0 Å². The number of nitrogens with two attached hydrogens (primary N) is 1. The van der Waals surface area contributed by atoms with Crippen molar-refractivity contribution >= 4 is 16.9 Å². The van der Waals surface area contributed by atoms with E-state index in [0.29, 0.717) is 6.42 Å². The van der Waals surface area contributed by atoms with E-state index in [9.17, 15) is 4.79 Å². The van der Waals surface area contributed by atoms with Gasteiger partial charge in [0.15, 0.2) is 0 Å². The van der Waals surface area contributed by atoms with Crippen LogP contribution < -0.4 is 5.73 Å². The second kappa shape index (κ2) is 5.89. The maximum Gasteiger partial charge on any atom is 0.320 e. The van der Waals surface area contributed by atoms with Crippen LogP contribution in [-0.2, 0) is 18.3 Å². The molecule has 3 N–H and O–H groups in total. The van der Waals surface area contributed by atoms with Crippen molar-refractivity contribution in [2.45, 2.75) is 19.4 Å². The van der Waals surface area contributed by atoms with Gasteiger partial charge in [-0.15, -0.1) is 0 Å². The molecule has 3 rings (SSSR count). The minimum Gasteiger partial charge on any atom is -0.480 e. The van der Waals surface area contributed by atoms with Crippen LogP contribution in [0.3, 0.4) is 0 Å². The van der Waals surface area contributed by atoms with Crippen molar-refractivity contribution in [2.24, 2.45) is 12.8 Å². The number of carboxylic acids is 1. The molecule has 4 heteroatoms. The normalized spacial score (nSPS) is 12.5. The molecule has 0 fully saturated rings.